The van der Waals surface area contributed by atoms with E-state index < -0.39 is 0 Å². The topological polar surface area (TPSA) is 43.8 Å². The summed E-state index contributed by atoms with van der Waals surface area (Å²) in [6, 6.07) is 27.1. The lowest BCUT2D eigenvalue weighted by molar-refractivity contribution is -0.133. The molecule has 0 aromatic heterocycles. The molecule has 0 unspecified atom stereocenters. The zero-order chi connectivity index (χ0) is 21.6. The van der Waals surface area contributed by atoms with Gasteiger partial charge in [-0.25, -0.2) is 0 Å². The zero-order valence-electron chi connectivity index (χ0n) is 18.0. The molecule has 1 amide bonds. The summed E-state index contributed by atoms with van der Waals surface area (Å²) >= 11 is 0. The van der Waals surface area contributed by atoms with Crippen LogP contribution in [0.4, 0.5) is 0 Å². The molecule has 1 fully saturated rings. The van der Waals surface area contributed by atoms with Gasteiger partial charge in [-0.2, -0.15) is 0 Å². The first-order valence-corrected chi connectivity index (χ1v) is 11.0. The minimum absolute atomic E-state index is 0.0601. The van der Waals surface area contributed by atoms with Crippen molar-refractivity contribution in [2.45, 2.75) is 24.8 Å². The quantitative estimate of drug-likeness (QED) is 0.603. The molecule has 31 heavy (non-hydrogen) atoms. The Morgan fingerprint density at radius 2 is 1.42 bits per heavy atom. The Hall–Kier alpha value is -3.11. The molecular weight excluding hydrogens is 384 g/mol. The van der Waals surface area contributed by atoms with E-state index in [0.717, 1.165) is 36.3 Å². The number of nitrogens with zero attached hydrogens (tertiary/aromatic N) is 2. The number of carbonyl (C=O) groups is 1. The van der Waals surface area contributed by atoms with Gasteiger partial charge in [0.2, 0.25) is 5.91 Å². The number of likely N-dealkylation sites (N-methyl/N-ethyl adjacent to an activating group) is 1. The molecule has 1 N–H and O–H groups in total. The summed E-state index contributed by atoms with van der Waals surface area (Å²) in [5.74, 6) is -0.0804. The maximum atomic E-state index is 14.0. The summed E-state index contributed by atoms with van der Waals surface area (Å²) in [4.78, 5) is 18.3. The van der Waals surface area contributed by atoms with Gasteiger partial charge in [-0.1, -0.05) is 72.8 Å². The van der Waals surface area contributed by atoms with Crippen LogP contribution < -0.4 is 0 Å². The molecule has 1 heterocycles. The highest BCUT2D eigenvalue weighted by Crippen LogP contribution is 2.32. The molecule has 4 nitrogen and oxygen atoms in total. The van der Waals surface area contributed by atoms with Crippen molar-refractivity contribution in [3.05, 3.63) is 102 Å². The highest BCUT2D eigenvalue weighted by Gasteiger charge is 2.31. The standard InChI is InChI=1S/C27H30N2O2/c1-28(25(20-29-17-8-9-18-29)23-15-10-16-24(30)19-23)27(31)26(21-11-4-2-5-12-21)22-13-6-3-7-14-22/h2-7,10-16,19,25-26,30H,8-9,17-18,20H2,1H3/t25-/m1/s1. The lowest BCUT2D eigenvalue weighted by Gasteiger charge is -2.34. The summed E-state index contributed by atoms with van der Waals surface area (Å²) in [7, 11) is 1.89. The lowest BCUT2D eigenvalue weighted by atomic mass is 9.89. The number of hydrogen-bond donors (Lipinski definition) is 1. The summed E-state index contributed by atoms with van der Waals surface area (Å²) in [5, 5.41) is 10.1. The molecule has 160 valence electrons. The van der Waals surface area contributed by atoms with E-state index in [2.05, 4.69) is 4.90 Å². The highest BCUT2D eigenvalue weighted by molar-refractivity contribution is 5.87. The predicted molar refractivity (Wildman–Crippen MR) is 124 cm³/mol. The summed E-state index contributed by atoms with van der Waals surface area (Å²) in [6.45, 7) is 2.87. The van der Waals surface area contributed by atoms with E-state index in [0.29, 0.717) is 0 Å². The highest BCUT2D eigenvalue weighted by atomic mass is 16.3. The second-order valence-corrected chi connectivity index (χ2v) is 8.32. The Kier molecular flexibility index (Phi) is 6.68. The number of phenolic OH excluding ortho intramolecular Hbond substituents is 1. The molecule has 3 aromatic rings. The van der Waals surface area contributed by atoms with Crippen LogP contribution in [0.15, 0.2) is 84.9 Å². The fourth-order valence-corrected chi connectivity index (χ4v) is 4.52. The predicted octanol–water partition coefficient (Wildman–Crippen LogP) is 4.82. The number of benzene rings is 3. The average Bonchev–Trinajstić information content (AvgIpc) is 3.32. The van der Waals surface area contributed by atoms with Crippen LogP contribution in [0.1, 0.15) is 41.5 Å². The number of aromatic hydroxyl groups is 1. The number of carbonyl (C=O) groups excluding carboxylic acids is 1. The van der Waals surface area contributed by atoms with Gasteiger partial charge in [0.05, 0.1) is 12.0 Å². The van der Waals surface area contributed by atoms with Crippen LogP contribution in [0.25, 0.3) is 0 Å². The normalized spacial score (nSPS) is 15.2. The zero-order valence-corrected chi connectivity index (χ0v) is 18.0. The molecule has 1 saturated heterocycles. The molecule has 0 bridgehead atoms. The van der Waals surface area contributed by atoms with Crippen LogP contribution in [-0.4, -0.2) is 47.5 Å². The Morgan fingerprint density at radius 3 is 1.97 bits per heavy atom. The van der Waals surface area contributed by atoms with Crippen LogP contribution in [0, 0.1) is 0 Å². The Balaban J connectivity index is 1.69. The molecule has 0 radical (unpaired) electrons. The SMILES string of the molecule is CN(C(=O)C(c1ccccc1)c1ccccc1)[C@H](CN1CCCC1)c1cccc(O)c1. The number of rotatable bonds is 7. The van der Waals surface area contributed by atoms with Gasteiger partial charge in [0.15, 0.2) is 0 Å². The van der Waals surface area contributed by atoms with Gasteiger partial charge < -0.3 is 14.9 Å². The smallest absolute Gasteiger partial charge is 0.234 e. The van der Waals surface area contributed by atoms with Gasteiger partial charge in [-0.05, 0) is 54.8 Å². The van der Waals surface area contributed by atoms with E-state index in [1.807, 2.05) is 84.7 Å². The van der Waals surface area contributed by atoms with Crippen LogP contribution in [0.2, 0.25) is 0 Å². The summed E-state index contributed by atoms with van der Waals surface area (Å²) < 4.78 is 0. The first kappa shape index (κ1) is 21.1. The van der Waals surface area contributed by atoms with Crippen LogP contribution in [0.5, 0.6) is 5.75 Å². The van der Waals surface area contributed by atoms with Crippen molar-refractivity contribution in [1.82, 2.24) is 9.80 Å². The van der Waals surface area contributed by atoms with Gasteiger partial charge in [0.25, 0.3) is 0 Å². The van der Waals surface area contributed by atoms with E-state index in [1.54, 1.807) is 12.1 Å². The molecule has 4 rings (SSSR count). The average molecular weight is 415 g/mol. The van der Waals surface area contributed by atoms with Gasteiger partial charge in [0, 0.05) is 13.6 Å². The van der Waals surface area contributed by atoms with Crippen molar-refractivity contribution in [3.8, 4) is 5.75 Å². The van der Waals surface area contributed by atoms with E-state index in [9.17, 15) is 9.90 Å². The molecular formula is C27H30N2O2. The van der Waals surface area contributed by atoms with E-state index in [-0.39, 0.29) is 23.6 Å². The van der Waals surface area contributed by atoms with E-state index in [1.165, 1.54) is 12.8 Å². The van der Waals surface area contributed by atoms with Crippen molar-refractivity contribution in [2.24, 2.45) is 0 Å². The molecule has 0 aliphatic carbocycles. The first-order valence-electron chi connectivity index (χ1n) is 11.0. The molecule has 1 aliphatic rings. The largest absolute Gasteiger partial charge is 0.508 e. The summed E-state index contributed by atoms with van der Waals surface area (Å²) in [5.41, 5.74) is 2.94. The Labute approximate surface area is 184 Å². The number of phenols is 1. The summed E-state index contributed by atoms with van der Waals surface area (Å²) in [6.07, 6.45) is 2.39. The third-order valence-electron chi connectivity index (χ3n) is 6.21. The fourth-order valence-electron chi connectivity index (χ4n) is 4.52. The minimum atomic E-state index is -0.370. The Bertz CT molecular complexity index is 945. The van der Waals surface area contributed by atoms with Crippen LogP contribution in [0.3, 0.4) is 0 Å². The Morgan fingerprint density at radius 1 is 0.871 bits per heavy atom. The molecule has 3 aromatic carbocycles. The van der Waals surface area contributed by atoms with E-state index >= 15 is 0 Å². The van der Waals surface area contributed by atoms with Crippen molar-refractivity contribution in [1.29, 1.82) is 0 Å². The first-order chi connectivity index (χ1) is 15.1. The van der Waals surface area contributed by atoms with Gasteiger partial charge >= 0.3 is 0 Å². The van der Waals surface area contributed by atoms with Gasteiger partial charge in [0.1, 0.15) is 5.75 Å². The maximum absolute atomic E-state index is 14.0. The number of amides is 1. The second kappa shape index (κ2) is 9.80. The molecule has 0 saturated carbocycles. The monoisotopic (exact) mass is 414 g/mol. The van der Waals surface area contributed by atoms with Crippen LogP contribution >= 0.6 is 0 Å². The maximum Gasteiger partial charge on any atom is 0.234 e. The third-order valence-corrected chi connectivity index (χ3v) is 6.21. The molecule has 0 spiro atoms. The third kappa shape index (κ3) is 4.97. The fraction of sp³-hybridized carbons (Fsp3) is 0.296. The van der Waals surface area contributed by atoms with Crippen LogP contribution in [-0.2, 0) is 4.79 Å². The molecule has 1 atom stereocenters. The van der Waals surface area contributed by atoms with Crippen molar-refractivity contribution in [2.75, 3.05) is 26.7 Å². The lowest BCUT2D eigenvalue weighted by Crippen LogP contribution is -2.41. The molecule has 4 heteroatoms. The van der Waals surface area contributed by atoms with Gasteiger partial charge in [-0.3, -0.25) is 4.79 Å². The molecule has 1 aliphatic heterocycles. The van der Waals surface area contributed by atoms with Gasteiger partial charge in [-0.15, -0.1) is 0 Å². The van der Waals surface area contributed by atoms with Crippen molar-refractivity contribution < 1.29 is 9.90 Å². The van der Waals surface area contributed by atoms with Crippen molar-refractivity contribution in [3.63, 3.8) is 0 Å². The number of likely N-dealkylation sites (tertiary alicyclic amines) is 1. The number of hydrogen-bond acceptors (Lipinski definition) is 3. The van der Waals surface area contributed by atoms with Crippen molar-refractivity contribution >= 4 is 5.91 Å². The van der Waals surface area contributed by atoms with E-state index in [4.69, 9.17) is 0 Å². The minimum Gasteiger partial charge on any atom is -0.508 e. The second-order valence-electron chi connectivity index (χ2n) is 8.32.